The Morgan fingerprint density at radius 1 is 0.611 bits per heavy atom. The Morgan fingerprint density at radius 2 is 1.06 bits per heavy atom. The highest BCUT2D eigenvalue weighted by atomic mass is 16.5. The molecule has 2 unspecified atom stereocenters. The van der Waals surface area contributed by atoms with Crippen molar-refractivity contribution >= 4 is 11.4 Å². The molecule has 0 amide bonds. The minimum atomic E-state index is 0.0330. The van der Waals surface area contributed by atoms with Crippen LogP contribution < -0.4 is 10.6 Å². The van der Waals surface area contributed by atoms with Gasteiger partial charge in [0.05, 0.1) is 24.6 Å². The lowest BCUT2D eigenvalue weighted by molar-refractivity contribution is 0.151. The van der Waals surface area contributed by atoms with E-state index in [-0.39, 0.29) is 12.3 Å². The molecule has 0 aromatic heterocycles. The summed E-state index contributed by atoms with van der Waals surface area (Å²) < 4.78 is 10.8. The molecule has 2 N–H and O–H groups in total. The second kappa shape index (κ2) is 11.3. The summed E-state index contributed by atoms with van der Waals surface area (Å²) >= 11 is 0. The Morgan fingerprint density at radius 3 is 1.47 bits per heavy atom. The van der Waals surface area contributed by atoms with E-state index in [1.807, 2.05) is 12.1 Å². The summed E-state index contributed by atoms with van der Waals surface area (Å²) in [5.74, 6) is 0. The smallest absolute Gasteiger partial charge is 0.125 e. The molecular weight excluding hydrogens is 448 g/mol. The fourth-order valence-electron chi connectivity index (χ4n) is 4.80. The molecular formula is C30H34N4O2. The molecule has 0 spiro atoms. The first-order chi connectivity index (χ1) is 17.8. The van der Waals surface area contributed by atoms with E-state index in [1.165, 1.54) is 22.3 Å². The van der Waals surface area contributed by atoms with E-state index < -0.39 is 0 Å². The number of hydrogen-bond acceptors (Lipinski definition) is 6. The molecule has 0 radical (unpaired) electrons. The minimum absolute atomic E-state index is 0.0330. The van der Waals surface area contributed by atoms with Crippen molar-refractivity contribution in [2.45, 2.75) is 12.3 Å². The van der Waals surface area contributed by atoms with Gasteiger partial charge < -0.3 is 29.9 Å². The maximum atomic E-state index is 5.41. The highest BCUT2D eigenvalue weighted by Crippen LogP contribution is 2.34. The van der Waals surface area contributed by atoms with Crippen molar-refractivity contribution in [3.8, 4) is 0 Å². The van der Waals surface area contributed by atoms with Crippen LogP contribution in [-0.2, 0) is 9.47 Å². The fourth-order valence-corrected chi connectivity index (χ4v) is 4.80. The maximum Gasteiger partial charge on any atom is 0.125 e. The topological polar surface area (TPSA) is 49.0 Å². The number of rotatable bonds is 10. The van der Waals surface area contributed by atoms with Gasteiger partial charge in [0.2, 0.25) is 0 Å². The number of nitrogens with one attached hydrogen (secondary N) is 2. The summed E-state index contributed by atoms with van der Waals surface area (Å²) in [5, 5.41) is 7.49. The highest BCUT2D eigenvalue weighted by Gasteiger charge is 2.29. The van der Waals surface area contributed by atoms with Crippen molar-refractivity contribution < 1.29 is 9.47 Å². The molecule has 6 heteroatoms. The van der Waals surface area contributed by atoms with Crippen molar-refractivity contribution in [3.63, 3.8) is 0 Å². The van der Waals surface area contributed by atoms with E-state index in [0.29, 0.717) is 13.2 Å². The first-order valence-corrected chi connectivity index (χ1v) is 12.4. The molecule has 2 aliphatic heterocycles. The van der Waals surface area contributed by atoms with Crippen LogP contribution >= 0.6 is 0 Å². The molecule has 186 valence electrons. The summed E-state index contributed by atoms with van der Waals surface area (Å²) in [6.45, 7) is 2.93. The number of ether oxygens (including phenoxy) is 2. The Balaban J connectivity index is 1.40. The van der Waals surface area contributed by atoms with Crippen molar-refractivity contribution in [2.24, 2.45) is 0 Å². The van der Waals surface area contributed by atoms with Crippen LogP contribution in [0.5, 0.6) is 0 Å². The minimum Gasteiger partial charge on any atom is -0.383 e. The normalized spacial score (nSPS) is 19.1. The van der Waals surface area contributed by atoms with Crippen LogP contribution in [0.1, 0.15) is 34.6 Å². The van der Waals surface area contributed by atoms with Gasteiger partial charge in [0.15, 0.2) is 0 Å². The third kappa shape index (κ3) is 5.25. The first kappa shape index (κ1) is 24.0. The summed E-state index contributed by atoms with van der Waals surface area (Å²) in [7, 11) is 3.50. The van der Waals surface area contributed by atoms with Crippen LogP contribution in [0.4, 0.5) is 0 Å². The summed E-state index contributed by atoms with van der Waals surface area (Å²) in [5.41, 5.74) is 7.03. The third-order valence-electron chi connectivity index (χ3n) is 6.66. The molecule has 0 aliphatic carbocycles. The van der Waals surface area contributed by atoms with E-state index in [9.17, 15) is 0 Å². The van der Waals surface area contributed by atoms with E-state index in [4.69, 9.17) is 9.47 Å². The zero-order chi connectivity index (χ0) is 24.7. The van der Waals surface area contributed by atoms with E-state index >= 15 is 0 Å². The lowest BCUT2D eigenvalue weighted by Crippen LogP contribution is -2.32. The molecule has 2 atom stereocenters. The van der Waals surface area contributed by atoms with Gasteiger partial charge in [-0.25, -0.2) is 0 Å². The van der Waals surface area contributed by atoms with Crippen LogP contribution in [0.3, 0.4) is 0 Å². The predicted molar refractivity (Wildman–Crippen MR) is 144 cm³/mol. The summed E-state index contributed by atoms with van der Waals surface area (Å²) in [4.78, 5) is 4.65. The Labute approximate surface area is 213 Å². The number of nitrogens with zero attached hydrogens (tertiary/aromatic N) is 2. The van der Waals surface area contributed by atoms with Crippen LogP contribution in [0, 0.1) is 0 Å². The lowest BCUT2D eigenvalue weighted by atomic mass is 10.1. The monoisotopic (exact) mass is 482 g/mol. The van der Waals surface area contributed by atoms with Gasteiger partial charge in [-0.3, -0.25) is 0 Å². The van der Waals surface area contributed by atoms with Gasteiger partial charge in [0, 0.05) is 39.7 Å². The van der Waals surface area contributed by atoms with Gasteiger partial charge in [-0.15, -0.1) is 0 Å². The summed E-state index contributed by atoms with van der Waals surface area (Å²) in [6.07, 6.45) is 4.48. The summed E-state index contributed by atoms with van der Waals surface area (Å²) in [6, 6.07) is 29.8. The van der Waals surface area contributed by atoms with Crippen LogP contribution in [-0.4, -0.2) is 50.3 Å². The van der Waals surface area contributed by atoms with Gasteiger partial charge in [-0.2, -0.15) is 0 Å². The Bertz CT molecular complexity index is 1110. The van der Waals surface area contributed by atoms with Gasteiger partial charge in [0.25, 0.3) is 0 Å². The van der Waals surface area contributed by atoms with Gasteiger partial charge in [-0.05, 0) is 28.3 Å². The lowest BCUT2D eigenvalue weighted by Gasteiger charge is -2.29. The van der Waals surface area contributed by atoms with E-state index in [2.05, 4.69) is 106 Å². The molecule has 36 heavy (non-hydrogen) atoms. The van der Waals surface area contributed by atoms with Crippen LogP contribution in [0.15, 0.2) is 97.3 Å². The standard InChI is InChI=1S/C30H34N4O2/c1-35-18-16-33-21-27(23-10-5-3-6-11-23)31-29(33)25-14-9-15-26(20-25)30-32-28(22-34(30)17-19-36-2)24-12-7-4-8-13-24/h3-15,20-22,29-32H,16-19H2,1-2H3. The SMILES string of the molecule is COCCN1C=C(c2ccccc2)NC1c1cccc(C2NC(c3ccccc3)=CN2CCOC)c1. The van der Waals surface area contributed by atoms with E-state index in [0.717, 1.165) is 24.5 Å². The van der Waals surface area contributed by atoms with Gasteiger partial charge in [-0.1, -0.05) is 78.9 Å². The second-order valence-corrected chi connectivity index (χ2v) is 9.04. The van der Waals surface area contributed by atoms with Crippen molar-refractivity contribution in [2.75, 3.05) is 40.5 Å². The average Bonchev–Trinajstić information content (AvgIpc) is 3.57. The molecule has 0 saturated heterocycles. The van der Waals surface area contributed by atoms with Crippen molar-refractivity contribution in [3.05, 3.63) is 120 Å². The average molecular weight is 483 g/mol. The second-order valence-electron chi connectivity index (χ2n) is 9.04. The number of hydrogen-bond donors (Lipinski definition) is 2. The van der Waals surface area contributed by atoms with Gasteiger partial charge >= 0.3 is 0 Å². The van der Waals surface area contributed by atoms with E-state index in [1.54, 1.807) is 14.2 Å². The molecule has 0 bridgehead atoms. The zero-order valence-corrected chi connectivity index (χ0v) is 20.9. The number of benzene rings is 3. The van der Waals surface area contributed by atoms with Crippen LogP contribution in [0.2, 0.25) is 0 Å². The molecule has 3 aromatic rings. The predicted octanol–water partition coefficient (Wildman–Crippen LogP) is 4.78. The zero-order valence-electron chi connectivity index (χ0n) is 20.9. The maximum absolute atomic E-state index is 5.41. The van der Waals surface area contributed by atoms with Gasteiger partial charge in [0.1, 0.15) is 12.3 Å². The first-order valence-electron chi connectivity index (χ1n) is 12.4. The largest absolute Gasteiger partial charge is 0.383 e. The van der Waals surface area contributed by atoms with Crippen LogP contribution in [0.25, 0.3) is 11.4 Å². The molecule has 0 fully saturated rings. The Hall–Kier alpha value is -3.74. The van der Waals surface area contributed by atoms with Crippen molar-refractivity contribution in [1.82, 2.24) is 20.4 Å². The molecule has 0 saturated carbocycles. The molecule has 6 nitrogen and oxygen atoms in total. The Kier molecular flexibility index (Phi) is 7.55. The fraction of sp³-hybridized carbons (Fsp3) is 0.267. The molecule has 5 rings (SSSR count). The highest BCUT2D eigenvalue weighted by molar-refractivity contribution is 5.67. The van der Waals surface area contributed by atoms with Crippen molar-refractivity contribution in [1.29, 1.82) is 0 Å². The third-order valence-corrected chi connectivity index (χ3v) is 6.66. The molecule has 2 heterocycles. The quantitative estimate of drug-likeness (QED) is 0.434. The number of methoxy groups -OCH3 is 2. The molecule has 2 aliphatic rings. The molecule has 3 aromatic carbocycles.